The lowest BCUT2D eigenvalue weighted by atomic mass is 10.0. The van der Waals surface area contributed by atoms with E-state index in [4.69, 9.17) is 4.74 Å². The van der Waals surface area contributed by atoms with E-state index in [0.717, 1.165) is 14.0 Å². The summed E-state index contributed by atoms with van der Waals surface area (Å²) in [4.78, 5) is 36.5. The average molecular weight is 400 g/mol. The van der Waals surface area contributed by atoms with Crippen molar-refractivity contribution in [2.75, 3.05) is 7.11 Å². The third kappa shape index (κ3) is 6.79. The number of ether oxygens (including phenoxy) is 2. The molecule has 156 valence electrons. The van der Waals surface area contributed by atoms with Gasteiger partial charge in [0.25, 0.3) is 6.43 Å². The SMILES string of the molecule is COC(=O)C(C)(NC(=O)[C@H](Cc1ccccc1)NC(=O)OC(C)(C)C)C(F)F. The van der Waals surface area contributed by atoms with Crippen LogP contribution in [0.25, 0.3) is 0 Å². The molecule has 7 nitrogen and oxygen atoms in total. The van der Waals surface area contributed by atoms with Crippen LogP contribution in [0.3, 0.4) is 0 Å². The maximum Gasteiger partial charge on any atom is 0.408 e. The molecule has 1 unspecified atom stereocenters. The molecule has 0 bridgehead atoms. The van der Waals surface area contributed by atoms with Gasteiger partial charge in [-0.2, -0.15) is 0 Å². The molecule has 0 aliphatic heterocycles. The zero-order valence-corrected chi connectivity index (χ0v) is 16.5. The first-order valence-corrected chi connectivity index (χ1v) is 8.61. The molecule has 9 heteroatoms. The minimum Gasteiger partial charge on any atom is -0.467 e. The van der Waals surface area contributed by atoms with Gasteiger partial charge in [0.15, 0.2) is 5.54 Å². The monoisotopic (exact) mass is 400 g/mol. The van der Waals surface area contributed by atoms with Gasteiger partial charge < -0.3 is 20.1 Å². The molecule has 0 saturated heterocycles. The summed E-state index contributed by atoms with van der Waals surface area (Å²) in [7, 11) is 0.940. The first-order chi connectivity index (χ1) is 12.9. The molecule has 0 heterocycles. The van der Waals surface area contributed by atoms with E-state index in [1.165, 1.54) is 0 Å². The number of hydrogen-bond acceptors (Lipinski definition) is 5. The fourth-order valence-electron chi connectivity index (χ4n) is 2.26. The first kappa shape index (κ1) is 23.3. The molecule has 0 aliphatic carbocycles. The Morgan fingerprint density at radius 1 is 1.07 bits per heavy atom. The molecule has 2 amide bonds. The van der Waals surface area contributed by atoms with Crippen LogP contribution in [0.2, 0.25) is 0 Å². The molecule has 1 rings (SSSR count). The summed E-state index contributed by atoms with van der Waals surface area (Å²) in [6, 6.07) is 7.41. The van der Waals surface area contributed by atoms with Crippen LogP contribution in [0.4, 0.5) is 13.6 Å². The highest BCUT2D eigenvalue weighted by atomic mass is 19.3. The number of carbonyl (C=O) groups is 3. The van der Waals surface area contributed by atoms with Crippen LogP contribution >= 0.6 is 0 Å². The number of amides is 2. The molecular weight excluding hydrogens is 374 g/mol. The van der Waals surface area contributed by atoms with Crippen LogP contribution in [0, 0.1) is 0 Å². The Kier molecular flexibility index (Phi) is 7.89. The minimum atomic E-state index is -3.22. The topological polar surface area (TPSA) is 93.7 Å². The molecular formula is C19H26F2N2O5. The lowest BCUT2D eigenvalue weighted by molar-refractivity contribution is -0.157. The molecule has 28 heavy (non-hydrogen) atoms. The Hall–Kier alpha value is -2.71. The lowest BCUT2D eigenvalue weighted by Gasteiger charge is -2.30. The molecule has 0 spiro atoms. The Morgan fingerprint density at radius 3 is 2.11 bits per heavy atom. The predicted molar refractivity (Wildman–Crippen MR) is 97.9 cm³/mol. The summed E-state index contributed by atoms with van der Waals surface area (Å²) in [5.41, 5.74) is -2.70. The predicted octanol–water partition coefficient (Wildman–Crippen LogP) is 2.44. The van der Waals surface area contributed by atoms with E-state index in [1.54, 1.807) is 51.1 Å². The van der Waals surface area contributed by atoms with Gasteiger partial charge in [-0.1, -0.05) is 30.3 Å². The van der Waals surface area contributed by atoms with Crippen molar-refractivity contribution in [3.8, 4) is 0 Å². The number of methoxy groups -OCH3 is 1. The van der Waals surface area contributed by atoms with E-state index in [-0.39, 0.29) is 6.42 Å². The number of rotatable bonds is 7. The Morgan fingerprint density at radius 2 is 1.64 bits per heavy atom. The maximum absolute atomic E-state index is 13.4. The smallest absolute Gasteiger partial charge is 0.408 e. The van der Waals surface area contributed by atoms with Gasteiger partial charge in [0, 0.05) is 6.42 Å². The minimum absolute atomic E-state index is 0.00636. The highest BCUT2D eigenvalue weighted by Crippen LogP contribution is 2.18. The number of alkyl carbamates (subject to hydrolysis) is 1. The van der Waals surface area contributed by atoms with Gasteiger partial charge >= 0.3 is 12.1 Å². The largest absolute Gasteiger partial charge is 0.467 e. The van der Waals surface area contributed by atoms with Gasteiger partial charge in [-0.05, 0) is 33.3 Å². The van der Waals surface area contributed by atoms with Crippen LogP contribution in [-0.4, -0.2) is 48.7 Å². The molecule has 2 atom stereocenters. The zero-order chi connectivity index (χ0) is 21.5. The van der Waals surface area contributed by atoms with Crippen molar-refractivity contribution in [1.82, 2.24) is 10.6 Å². The molecule has 0 radical (unpaired) electrons. The number of hydrogen-bond donors (Lipinski definition) is 2. The van der Waals surface area contributed by atoms with Gasteiger partial charge in [0.2, 0.25) is 5.91 Å². The van der Waals surface area contributed by atoms with Gasteiger partial charge in [0.05, 0.1) is 7.11 Å². The van der Waals surface area contributed by atoms with Gasteiger partial charge in [-0.25, -0.2) is 18.4 Å². The Balaban J connectivity index is 3.06. The van der Waals surface area contributed by atoms with Gasteiger partial charge in [0.1, 0.15) is 11.6 Å². The van der Waals surface area contributed by atoms with Gasteiger partial charge in [-0.15, -0.1) is 0 Å². The highest BCUT2D eigenvalue weighted by Gasteiger charge is 2.46. The van der Waals surface area contributed by atoms with E-state index in [9.17, 15) is 23.2 Å². The van der Waals surface area contributed by atoms with Crippen LogP contribution in [0.1, 0.15) is 33.3 Å². The van der Waals surface area contributed by atoms with E-state index in [2.05, 4.69) is 10.1 Å². The van der Waals surface area contributed by atoms with Crippen LogP contribution in [-0.2, 0) is 25.5 Å². The number of esters is 1. The molecule has 0 aromatic heterocycles. The standard InChI is InChI=1S/C19H26F2N2O5/c1-18(2,3)28-17(26)22-13(11-12-9-7-6-8-10-12)14(24)23-19(4,15(20)21)16(25)27-5/h6-10,13,15H,11H2,1-5H3,(H,22,26)(H,23,24)/t13-,19?/m0/s1. The quantitative estimate of drug-likeness (QED) is 0.686. The van der Waals surface area contributed by atoms with E-state index in [0.29, 0.717) is 5.56 Å². The average Bonchev–Trinajstić information content (AvgIpc) is 2.59. The number of alkyl halides is 2. The van der Waals surface area contributed by atoms with Crippen molar-refractivity contribution >= 4 is 18.0 Å². The second kappa shape index (κ2) is 9.48. The number of benzene rings is 1. The number of nitrogens with one attached hydrogen (secondary N) is 2. The van der Waals surface area contributed by atoms with Crippen LogP contribution in [0.5, 0.6) is 0 Å². The molecule has 1 aromatic carbocycles. The third-order valence-electron chi connectivity index (χ3n) is 3.72. The molecule has 0 aliphatic rings. The van der Waals surface area contributed by atoms with Crippen molar-refractivity contribution < 1.29 is 32.6 Å². The van der Waals surface area contributed by atoms with Crippen molar-refractivity contribution in [3.63, 3.8) is 0 Å². The normalized spacial score (nSPS) is 14.6. The zero-order valence-electron chi connectivity index (χ0n) is 16.5. The summed E-state index contributed by atoms with van der Waals surface area (Å²) in [5, 5.41) is 4.37. The summed E-state index contributed by atoms with van der Waals surface area (Å²) >= 11 is 0. The second-order valence-electron chi connectivity index (χ2n) is 7.37. The first-order valence-electron chi connectivity index (χ1n) is 8.61. The van der Waals surface area contributed by atoms with Crippen molar-refractivity contribution in [1.29, 1.82) is 0 Å². The third-order valence-corrected chi connectivity index (χ3v) is 3.72. The number of carbonyl (C=O) groups excluding carboxylic acids is 3. The van der Waals surface area contributed by atoms with E-state index in [1.807, 2.05) is 5.32 Å². The molecule has 0 fully saturated rings. The van der Waals surface area contributed by atoms with Crippen LogP contribution in [0.15, 0.2) is 30.3 Å². The fraction of sp³-hybridized carbons (Fsp3) is 0.526. The second-order valence-corrected chi connectivity index (χ2v) is 7.37. The summed E-state index contributed by atoms with van der Waals surface area (Å²) in [5.74, 6) is -2.27. The van der Waals surface area contributed by atoms with E-state index < -0.39 is 41.6 Å². The molecule has 1 aromatic rings. The molecule has 2 N–H and O–H groups in total. The summed E-state index contributed by atoms with van der Waals surface area (Å²) in [6.07, 6.45) is -4.10. The fourth-order valence-corrected chi connectivity index (χ4v) is 2.26. The Labute approximate surface area is 162 Å². The van der Waals surface area contributed by atoms with Crippen LogP contribution < -0.4 is 10.6 Å². The highest BCUT2D eigenvalue weighted by molar-refractivity contribution is 5.92. The van der Waals surface area contributed by atoms with Crippen molar-refractivity contribution in [2.24, 2.45) is 0 Å². The van der Waals surface area contributed by atoms with Crippen molar-refractivity contribution in [3.05, 3.63) is 35.9 Å². The molecule has 0 saturated carbocycles. The lowest BCUT2D eigenvalue weighted by Crippen LogP contribution is -2.62. The van der Waals surface area contributed by atoms with Crippen molar-refractivity contribution in [2.45, 2.75) is 57.7 Å². The van der Waals surface area contributed by atoms with E-state index >= 15 is 0 Å². The summed E-state index contributed by atoms with van der Waals surface area (Å²) in [6.45, 7) is 5.78. The van der Waals surface area contributed by atoms with Gasteiger partial charge in [-0.3, -0.25) is 4.79 Å². The number of halogens is 2. The maximum atomic E-state index is 13.4. The Bertz CT molecular complexity index is 691. The summed E-state index contributed by atoms with van der Waals surface area (Å²) < 4.78 is 36.4.